The van der Waals surface area contributed by atoms with Gasteiger partial charge < -0.3 is 5.32 Å². The monoisotopic (exact) mass is 617 g/mol. The van der Waals surface area contributed by atoms with Crippen LogP contribution in [0.5, 0.6) is 0 Å². The number of nitrogens with zero attached hydrogens (tertiary/aromatic N) is 2. The van der Waals surface area contributed by atoms with Crippen molar-refractivity contribution in [1.82, 2.24) is 5.32 Å². The molecule has 0 radical (unpaired) electrons. The Hall–Kier alpha value is -5.54. The topological polar surface area (TPSA) is 36.8 Å². The highest BCUT2D eigenvalue weighted by Crippen LogP contribution is 2.59. The molecule has 0 spiro atoms. The van der Waals surface area contributed by atoms with Crippen molar-refractivity contribution in [2.45, 2.75) is 38.5 Å². The Kier molecular flexibility index (Phi) is 5.46. The van der Waals surface area contributed by atoms with Crippen molar-refractivity contribution in [3.63, 3.8) is 0 Å². The summed E-state index contributed by atoms with van der Waals surface area (Å²) in [5, 5.41) is 11.0. The van der Waals surface area contributed by atoms with E-state index >= 15 is 0 Å². The van der Waals surface area contributed by atoms with E-state index < -0.39 is 0 Å². The van der Waals surface area contributed by atoms with Crippen molar-refractivity contribution in [2.75, 3.05) is 6.67 Å². The minimum absolute atomic E-state index is 0.0886. The van der Waals surface area contributed by atoms with E-state index in [1.54, 1.807) is 6.34 Å². The molecule has 0 atom stereocenters. The number of amidine groups is 1. The van der Waals surface area contributed by atoms with Crippen LogP contribution in [-0.4, -0.2) is 18.8 Å². The van der Waals surface area contributed by atoms with E-state index in [1.165, 1.54) is 88.0 Å². The fourth-order valence-electron chi connectivity index (χ4n) is 9.21. The molecule has 0 bridgehead atoms. The summed E-state index contributed by atoms with van der Waals surface area (Å²) in [6.45, 7) is 10.1. The van der Waals surface area contributed by atoms with Gasteiger partial charge >= 0.3 is 0 Å². The molecule has 2 aliphatic carbocycles. The summed E-state index contributed by atoms with van der Waals surface area (Å²) in [7, 11) is 0. The summed E-state index contributed by atoms with van der Waals surface area (Å²) in [6, 6.07) is 43.3. The van der Waals surface area contributed by atoms with Crippen molar-refractivity contribution in [3.8, 4) is 33.4 Å². The average molecular weight is 618 g/mol. The first-order chi connectivity index (χ1) is 23.4. The predicted molar refractivity (Wildman–Crippen MR) is 203 cm³/mol. The van der Waals surface area contributed by atoms with Crippen molar-refractivity contribution < 1.29 is 0 Å². The van der Waals surface area contributed by atoms with Crippen molar-refractivity contribution >= 4 is 44.5 Å². The summed E-state index contributed by atoms with van der Waals surface area (Å²) < 4.78 is 0. The number of hydrogen-bond acceptors (Lipinski definition) is 3. The van der Waals surface area contributed by atoms with Crippen LogP contribution in [0, 0.1) is 0 Å². The summed E-state index contributed by atoms with van der Waals surface area (Å²) in [6.07, 6.45) is 1.68. The van der Waals surface area contributed by atoms with Crippen LogP contribution in [0.15, 0.2) is 125 Å². The Morgan fingerprint density at radius 3 is 1.58 bits per heavy atom. The van der Waals surface area contributed by atoms with Gasteiger partial charge in [-0.1, -0.05) is 137 Å². The first-order valence-electron chi connectivity index (χ1n) is 17.0. The third-order valence-corrected chi connectivity index (χ3v) is 11.4. The second-order valence-corrected chi connectivity index (χ2v) is 14.6. The van der Waals surface area contributed by atoms with Gasteiger partial charge in [-0.15, -0.1) is 0 Å². The first-order valence-corrected chi connectivity index (χ1v) is 17.0. The molecular formula is C45H35N3. The third kappa shape index (κ3) is 3.43. The average Bonchev–Trinajstić information content (AvgIpc) is 3.50. The lowest BCUT2D eigenvalue weighted by Gasteiger charge is -2.26. The van der Waals surface area contributed by atoms with Crippen LogP contribution in [0.25, 0.3) is 65.7 Å². The Bertz CT molecular complexity index is 2540. The number of rotatable bonds is 2. The molecule has 3 nitrogen and oxygen atoms in total. The SMILES string of the molecule is CC1(C)c2ccccc2-c2c1ccc1c(-c3c4ccccc4c(C4=NC=NCN4)c4ccccc34)cc3c(c21)-c1ccccc1C3(C)C. The Morgan fingerprint density at radius 2 is 1.00 bits per heavy atom. The molecule has 230 valence electrons. The molecule has 7 aromatic carbocycles. The highest BCUT2D eigenvalue weighted by atomic mass is 15.1. The first kappa shape index (κ1) is 27.6. The maximum Gasteiger partial charge on any atom is 0.137 e. The summed E-state index contributed by atoms with van der Waals surface area (Å²) in [5.41, 5.74) is 14.6. The number of fused-ring (bicyclic) bond motifs is 11. The van der Waals surface area contributed by atoms with Crippen LogP contribution in [0.3, 0.4) is 0 Å². The molecule has 0 aromatic heterocycles. The molecule has 10 rings (SSSR count). The zero-order valence-electron chi connectivity index (χ0n) is 27.6. The molecule has 0 unspecified atom stereocenters. The van der Waals surface area contributed by atoms with E-state index in [0.717, 1.165) is 11.4 Å². The van der Waals surface area contributed by atoms with Gasteiger partial charge in [-0.25, -0.2) is 4.99 Å². The van der Waals surface area contributed by atoms with Crippen molar-refractivity contribution in [2.24, 2.45) is 9.98 Å². The van der Waals surface area contributed by atoms with E-state index in [-0.39, 0.29) is 10.8 Å². The van der Waals surface area contributed by atoms with Gasteiger partial charge in [0, 0.05) is 16.4 Å². The molecular weight excluding hydrogens is 583 g/mol. The van der Waals surface area contributed by atoms with Gasteiger partial charge in [0.2, 0.25) is 0 Å². The molecule has 0 amide bonds. The molecule has 0 fully saturated rings. The van der Waals surface area contributed by atoms with Gasteiger partial charge in [0.15, 0.2) is 0 Å². The van der Waals surface area contributed by atoms with Gasteiger partial charge in [-0.05, 0) is 94.0 Å². The summed E-state index contributed by atoms with van der Waals surface area (Å²) in [4.78, 5) is 9.04. The lowest BCUT2D eigenvalue weighted by atomic mass is 9.77. The maximum absolute atomic E-state index is 4.73. The fraction of sp³-hybridized carbons (Fsp3) is 0.156. The molecule has 0 saturated heterocycles. The van der Waals surface area contributed by atoms with E-state index in [0.29, 0.717) is 6.67 Å². The second kappa shape index (κ2) is 9.51. The quantitative estimate of drug-likeness (QED) is 0.193. The Labute approximate surface area is 280 Å². The predicted octanol–water partition coefficient (Wildman–Crippen LogP) is 10.8. The smallest absolute Gasteiger partial charge is 0.137 e. The zero-order valence-corrected chi connectivity index (χ0v) is 27.6. The molecule has 1 heterocycles. The number of nitrogens with one attached hydrogen (secondary N) is 1. The van der Waals surface area contributed by atoms with Gasteiger partial charge in [0.05, 0.1) is 0 Å². The maximum atomic E-state index is 4.73. The number of aliphatic imine (C=N–C) groups is 2. The van der Waals surface area contributed by atoms with Crippen LogP contribution in [0.4, 0.5) is 0 Å². The van der Waals surface area contributed by atoms with Gasteiger partial charge in [0.1, 0.15) is 18.8 Å². The molecule has 0 saturated carbocycles. The Balaban J connectivity index is 1.43. The normalized spacial score (nSPS) is 16.4. The van der Waals surface area contributed by atoms with E-state index in [9.17, 15) is 0 Å². The highest BCUT2D eigenvalue weighted by Gasteiger charge is 2.41. The second-order valence-electron chi connectivity index (χ2n) is 14.6. The molecule has 3 aliphatic rings. The molecule has 48 heavy (non-hydrogen) atoms. The summed E-state index contributed by atoms with van der Waals surface area (Å²) >= 11 is 0. The molecule has 3 heteroatoms. The molecule has 7 aromatic rings. The van der Waals surface area contributed by atoms with E-state index in [4.69, 9.17) is 4.99 Å². The van der Waals surface area contributed by atoms with Gasteiger partial charge in [0.25, 0.3) is 0 Å². The lowest BCUT2D eigenvalue weighted by molar-refractivity contribution is 0.660. The van der Waals surface area contributed by atoms with Crippen molar-refractivity contribution in [3.05, 3.63) is 143 Å². The lowest BCUT2D eigenvalue weighted by Crippen LogP contribution is -2.28. The number of hydrogen-bond donors (Lipinski definition) is 1. The molecule has 1 aliphatic heterocycles. The van der Waals surface area contributed by atoms with Crippen LogP contribution in [0.2, 0.25) is 0 Å². The standard InChI is InChI=1S/C45H35N3/c1-44(2)34-19-11-9-17-31(34)40-36(44)22-21-30-33(23-37-41(42(30)40)32-18-10-12-20-35(32)45(37,3)4)38-26-13-5-7-15-28(26)39(43-47-24-46-25-48-43)29-16-8-6-14-27(29)38/h5-24H,25H2,1-4H3,(H,46,47,48). The largest absolute Gasteiger partial charge is 0.350 e. The zero-order chi connectivity index (χ0) is 32.4. The minimum atomic E-state index is -0.156. The van der Waals surface area contributed by atoms with Crippen LogP contribution < -0.4 is 5.32 Å². The van der Waals surface area contributed by atoms with Gasteiger partial charge in [-0.2, -0.15) is 0 Å². The van der Waals surface area contributed by atoms with Crippen LogP contribution >= 0.6 is 0 Å². The van der Waals surface area contributed by atoms with Crippen LogP contribution in [0.1, 0.15) is 55.5 Å². The highest BCUT2D eigenvalue weighted by molar-refractivity contribution is 6.29. The van der Waals surface area contributed by atoms with E-state index in [2.05, 4.69) is 153 Å². The van der Waals surface area contributed by atoms with Gasteiger partial charge in [-0.3, -0.25) is 4.99 Å². The fourth-order valence-corrected chi connectivity index (χ4v) is 9.21. The molecule has 1 N–H and O–H groups in total. The van der Waals surface area contributed by atoms with Crippen LogP contribution in [-0.2, 0) is 10.8 Å². The third-order valence-electron chi connectivity index (χ3n) is 11.4. The minimum Gasteiger partial charge on any atom is -0.350 e. The van der Waals surface area contributed by atoms with E-state index in [1.807, 2.05) is 0 Å². The Morgan fingerprint density at radius 1 is 0.479 bits per heavy atom. The summed E-state index contributed by atoms with van der Waals surface area (Å²) in [5.74, 6) is 0.871. The van der Waals surface area contributed by atoms with Crippen molar-refractivity contribution in [1.29, 1.82) is 0 Å². The number of benzene rings is 7.